The molecule has 1 unspecified atom stereocenters. The van der Waals surface area contributed by atoms with E-state index in [1.807, 2.05) is 23.6 Å². The van der Waals surface area contributed by atoms with Crippen LogP contribution in [-0.2, 0) is 11.3 Å². The largest absolute Gasteiger partial charge is 0.380 e. The van der Waals surface area contributed by atoms with E-state index in [2.05, 4.69) is 18.0 Å². The molecule has 2 rings (SSSR count). The molecule has 2 N–H and O–H groups in total. The standard InChI is InChI=1S/C12H17N3O/c1-8-4-5-10-11(6-8)15(12(13)14-10)7-9(2)16-3/h4-6,9H,7H2,1-3H3,(H2,13,14). The van der Waals surface area contributed by atoms with E-state index in [0.717, 1.165) is 17.6 Å². The molecule has 0 radical (unpaired) electrons. The van der Waals surface area contributed by atoms with Gasteiger partial charge in [0.15, 0.2) is 0 Å². The van der Waals surface area contributed by atoms with Gasteiger partial charge < -0.3 is 15.0 Å². The second-order valence-corrected chi connectivity index (χ2v) is 4.12. The number of imidazole rings is 1. The minimum Gasteiger partial charge on any atom is -0.380 e. The zero-order valence-electron chi connectivity index (χ0n) is 9.90. The average Bonchev–Trinajstić information content (AvgIpc) is 2.55. The number of nitrogen functional groups attached to an aromatic ring is 1. The molecule has 4 heteroatoms. The van der Waals surface area contributed by atoms with Gasteiger partial charge in [-0.25, -0.2) is 4.98 Å². The molecule has 16 heavy (non-hydrogen) atoms. The van der Waals surface area contributed by atoms with E-state index in [1.165, 1.54) is 5.56 Å². The maximum absolute atomic E-state index is 5.90. The Balaban J connectivity index is 2.50. The van der Waals surface area contributed by atoms with Crippen LogP contribution < -0.4 is 5.73 Å². The highest BCUT2D eigenvalue weighted by molar-refractivity contribution is 5.79. The number of nitrogens with zero attached hydrogens (tertiary/aromatic N) is 2. The van der Waals surface area contributed by atoms with Crippen molar-refractivity contribution in [3.8, 4) is 0 Å². The van der Waals surface area contributed by atoms with Crippen molar-refractivity contribution in [3.63, 3.8) is 0 Å². The summed E-state index contributed by atoms with van der Waals surface area (Å²) < 4.78 is 7.25. The smallest absolute Gasteiger partial charge is 0.201 e. The van der Waals surface area contributed by atoms with Gasteiger partial charge in [-0.15, -0.1) is 0 Å². The summed E-state index contributed by atoms with van der Waals surface area (Å²) in [4.78, 5) is 4.33. The first-order chi connectivity index (χ1) is 7.61. The molecule has 86 valence electrons. The molecule has 1 aromatic carbocycles. The molecular formula is C12H17N3O. The number of aromatic nitrogens is 2. The van der Waals surface area contributed by atoms with Crippen LogP contribution in [0.4, 0.5) is 5.95 Å². The van der Waals surface area contributed by atoms with E-state index in [1.54, 1.807) is 7.11 Å². The fourth-order valence-electron chi connectivity index (χ4n) is 1.77. The number of nitrogens with two attached hydrogens (primary N) is 1. The van der Waals surface area contributed by atoms with Gasteiger partial charge in [0.25, 0.3) is 0 Å². The monoisotopic (exact) mass is 219 g/mol. The summed E-state index contributed by atoms with van der Waals surface area (Å²) in [5.74, 6) is 0.546. The molecule has 0 saturated carbocycles. The maximum atomic E-state index is 5.90. The number of benzene rings is 1. The normalized spacial score (nSPS) is 13.2. The number of rotatable bonds is 3. The van der Waals surface area contributed by atoms with E-state index >= 15 is 0 Å². The zero-order chi connectivity index (χ0) is 11.7. The highest BCUT2D eigenvalue weighted by Crippen LogP contribution is 2.19. The van der Waals surface area contributed by atoms with Crippen molar-refractivity contribution in [1.29, 1.82) is 0 Å². The Hall–Kier alpha value is -1.55. The highest BCUT2D eigenvalue weighted by Gasteiger charge is 2.10. The van der Waals surface area contributed by atoms with Crippen LogP contribution in [0.5, 0.6) is 0 Å². The third-order valence-electron chi connectivity index (χ3n) is 2.78. The Labute approximate surface area is 95.0 Å². The third-order valence-corrected chi connectivity index (χ3v) is 2.78. The van der Waals surface area contributed by atoms with Crippen LogP contribution >= 0.6 is 0 Å². The molecule has 0 bridgehead atoms. The number of anilines is 1. The first-order valence-electron chi connectivity index (χ1n) is 5.37. The zero-order valence-corrected chi connectivity index (χ0v) is 9.90. The van der Waals surface area contributed by atoms with Gasteiger partial charge in [0.1, 0.15) is 0 Å². The quantitative estimate of drug-likeness (QED) is 0.858. The minimum absolute atomic E-state index is 0.125. The minimum atomic E-state index is 0.125. The van der Waals surface area contributed by atoms with E-state index in [9.17, 15) is 0 Å². The van der Waals surface area contributed by atoms with Crippen molar-refractivity contribution in [2.75, 3.05) is 12.8 Å². The summed E-state index contributed by atoms with van der Waals surface area (Å²) >= 11 is 0. The van der Waals surface area contributed by atoms with Crippen molar-refractivity contribution >= 4 is 17.0 Å². The van der Waals surface area contributed by atoms with Gasteiger partial charge >= 0.3 is 0 Å². The Morgan fingerprint density at radius 2 is 2.25 bits per heavy atom. The fourth-order valence-corrected chi connectivity index (χ4v) is 1.77. The molecule has 1 heterocycles. The lowest BCUT2D eigenvalue weighted by molar-refractivity contribution is 0.105. The number of ether oxygens (including phenoxy) is 1. The van der Waals surface area contributed by atoms with Crippen molar-refractivity contribution in [3.05, 3.63) is 23.8 Å². The number of hydrogen-bond donors (Lipinski definition) is 1. The molecule has 1 atom stereocenters. The van der Waals surface area contributed by atoms with E-state index < -0.39 is 0 Å². The molecular weight excluding hydrogens is 202 g/mol. The number of methoxy groups -OCH3 is 1. The Morgan fingerprint density at radius 3 is 2.94 bits per heavy atom. The molecule has 0 spiro atoms. The lowest BCUT2D eigenvalue weighted by Gasteiger charge is -2.12. The summed E-state index contributed by atoms with van der Waals surface area (Å²) in [6.07, 6.45) is 0.125. The van der Waals surface area contributed by atoms with Crippen molar-refractivity contribution in [1.82, 2.24) is 9.55 Å². The molecule has 4 nitrogen and oxygen atoms in total. The van der Waals surface area contributed by atoms with Gasteiger partial charge in [0, 0.05) is 7.11 Å². The second kappa shape index (κ2) is 4.14. The molecule has 0 aliphatic rings. The average molecular weight is 219 g/mol. The van der Waals surface area contributed by atoms with Crippen molar-refractivity contribution in [2.24, 2.45) is 0 Å². The van der Waals surface area contributed by atoms with Gasteiger partial charge in [0.2, 0.25) is 5.95 Å². The lowest BCUT2D eigenvalue weighted by atomic mass is 10.2. The molecule has 0 fully saturated rings. The van der Waals surface area contributed by atoms with Crippen LogP contribution in [0.25, 0.3) is 11.0 Å². The van der Waals surface area contributed by atoms with Crippen LogP contribution in [0.1, 0.15) is 12.5 Å². The molecule has 2 aromatic rings. The SMILES string of the molecule is COC(C)Cn1c(N)nc2ccc(C)cc21. The lowest BCUT2D eigenvalue weighted by Crippen LogP contribution is -2.16. The van der Waals surface area contributed by atoms with Crippen LogP contribution in [0.15, 0.2) is 18.2 Å². The first-order valence-corrected chi connectivity index (χ1v) is 5.37. The molecule has 0 saturated heterocycles. The van der Waals surface area contributed by atoms with Gasteiger partial charge in [-0.1, -0.05) is 6.07 Å². The maximum Gasteiger partial charge on any atom is 0.201 e. The van der Waals surface area contributed by atoms with Crippen LogP contribution in [0.3, 0.4) is 0 Å². The Morgan fingerprint density at radius 1 is 1.50 bits per heavy atom. The summed E-state index contributed by atoms with van der Waals surface area (Å²) in [7, 11) is 1.70. The number of aryl methyl sites for hydroxylation is 1. The van der Waals surface area contributed by atoms with E-state index in [0.29, 0.717) is 5.95 Å². The predicted octanol–water partition coefficient (Wildman–Crippen LogP) is 1.96. The van der Waals surface area contributed by atoms with Crippen molar-refractivity contribution < 1.29 is 4.74 Å². The van der Waals surface area contributed by atoms with E-state index in [-0.39, 0.29) is 6.10 Å². The number of fused-ring (bicyclic) bond motifs is 1. The summed E-state index contributed by atoms with van der Waals surface area (Å²) in [6.45, 7) is 4.80. The summed E-state index contributed by atoms with van der Waals surface area (Å²) in [5.41, 5.74) is 9.12. The first kappa shape index (κ1) is 11.0. The van der Waals surface area contributed by atoms with E-state index in [4.69, 9.17) is 10.5 Å². The molecule has 0 amide bonds. The predicted molar refractivity (Wildman–Crippen MR) is 65.4 cm³/mol. The topological polar surface area (TPSA) is 53.1 Å². The molecule has 0 aliphatic carbocycles. The highest BCUT2D eigenvalue weighted by atomic mass is 16.5. The van der Waals surface area contributed by atoms with Gasteiger partial charge in [-0.2, -0.15) is 0 Å². The van der Waals surface area contributed by atoms with Gasteiger partial charge in [-0.05, 0) is 31.5 Å². The van der Waals surface area contributed by atoms with Crippen LogP contribution in [0.2, 0.25) is 0 Å². The summed E-state index contributed by atoms with van der Waals surface area (Å²) in [5, 5.41) is 0. The second-order valence-electron chi connectivity index (χ2n) is 4.12. The Bertz CT molecular complexity index is 504. The van der Waals surface area contributed by atoms with Gasteiger partial charge in [0.05, 0.1) is 23.7 Å². The van der Waals surface area contributed by atoms with Gasteiger partial charge in [-0.3, -0.25) is 0 Å². The number of hydrogen-bond acceptors (Lipinski definition) is 3. The third kappa shape index (κ3) is 1.88. The van der Waals surface area contributed by atoms with Crippen LogP contribution in [-0.4, -0.2) is 22.8 Å². The molecule has 1 aromatic heterocycles. The van der Waals surface area contributed by atoms with Crippen molar-refractivity contribution in [2.45, 2.75) is 26.5 Å². The fraction of sp³-hybridized carbons (Fsp3) is 0.417. The summed E-state index contributed by atoms with van der Waals surface area (Å²) in [6, 6.07) is 6.13. The Kier molecular flexibility index (Phi) is 2.83. The van der Waals surface area contributed by atoms with Crippen LogP contribution in [0, 0.1) is 6.92 Å². The molecule has 0 aliphatic heterocycles.